The highest BCUT2D eigenvalue weighted by atomic mass is 35.5. The van der Waals surface area contributed by atoms with Gasteiger partial charge < -0.3 is 0 Å². The van der Waals surface area contributed by atoms with Gasteiger partial charge in [0.05, 0.1) is 16.4 Å². The number of aryl methyl sites for hydroxylation is 1. The van der Waals surface area contributed by atoms with Crippen molar-refractivity contribution in [2.24, 2.45) is 0 Å². The minimum atomic E-state index is 0.0531. The summed E-state index contributed by atoms with van der Waals surface area (Å²) >= 11 is 6.12. The minimum Gasteiger partial charge on any atom is -0.280 e. The molecule has 0 radical (unpaired) electrons. The van der Waals surface area contributed by atoms with Crippen molar-refractivity contribution in [2.45, 2.75) is 39.5 Å². The van der Waals surface area contributed by atoms with E-state index in [1.165, 1.54) is 0 Å². The Morgan fingerprint density at radius 3 is 2.25 bits per heavy atom. The minimum absolute atomic E-state index is 0.0531. The van der Waals surface area contributed by atoms with Crippen molar-refractivity contribution < 1.29 is 0 Å². The molecule has 1 heterocycles. The summed E-state index contributed by atoms with van der Waals surface area (Å²) in [6.07, 6.45) is 0.880. The summed E-state index contributed by atoms with van der Waals surface area (Å²) in [6.45, 7) is 8.40. The molecule has 1 aromatic heterocycles. The van der Waals surface area contributed by atoms with Crippen molar-refractivity contribution in [1.82, 2.24) is 10.2 Å². The van der Waals surface area contributed by atoms with Gasteiger partial charge in [0.25, 0.3) is 0 Å². The van der Waals surface area contributed by atoms with Gasteiger partial charge in [-0.15, -0.1) is 0 Å². The summed E-state index contributed by atoms with van der Waals surface area (Å²) in [6, 6.07) is 0. The molecule has 0 unspecified atom stereocenters. The molecule has 0 aromatic carbocycles. The highest BCUT2D eigenvalue weighted by Crippen LogP contribution is 2.29. The predicted molar refractivity (Wildman–Crippen MR) is 51.7 cm³/mol. The fourth-order valence-electron chi connectivity index (χ4n) is 1.10. The number of nitrogens with zero attached hydrogens (tertiary/aromatic N) is 1. The fourth-order valence-corrected chi connectivity index (χ4v) is 1.60. The van der Waals surface area contributed by atoms with E-state index in [9.17, 15) is 0 Å². The molecule has 0 aliphatic heterocycles. The van der Waals surface area contributed by atoms with Crippen molar-refractivity contribution in [3.8, 4) is 0 Å². The van der Waals surface area contributed by atoms with Crippen LogP contribution >= 0.6 is 11.6 Å². The van der Waals surface area contributed by atoms with Crippen LogP contribution in [0.5, 0.6) is 0 Å². The Bertz CT molecular complexity index is 271. The molecular formula is C9H15ClN2. The second-order valence-electron chi connectivity index (χ2n) is 3.96. The molecule has 0 bridgehead atoms. The molecule has 1 rings (SSSR count). The molecule has 1 N–H and O–H groups in total. The van der Waals surface area contributed by atoms with Crippen LogP contribution in [0.3, 0.4) is 0 Å². The van der Waals surface area contributed by atoms with Crippen molar-refractivity contribution in [2.75, 3.05) is 0 Å². The lowest BCUT2D eigenvalue weighted by atomic mass is 9.92. The quantitative estimate of drug-likeness (QED) is 0.718. The molecule has 0 saturated carbocycles. The standard InChI is InChI=1S/C9H15ClN2/c1-5-6-7(10)8(12-11-6)9(2,3)4/h5H2,1-4H3,(H,11,12). The maximum Gasteiger partial charge on any atom is 0.0852 e. The Hall–Kier alpha value is -0.500. The number of hydrogen-bond acceptors (Lipinski definition) is 1. The van der Waals surface area contributed by atoms with Gasteiger partial charge in [-0.25, -0.2) is 0 Å². The van der Waals surface area contributed by atoms with E-state index in [1.54, 1.807) is 0 Å². The van der Waals surface area contributed by atoms with E-state index in [-0.39, 0.29) is 5.41 Å². The summed E-state index contributed by atoms with van der Waals surface area (Å²) in [7, 11) is 0. The van der Waals surface area contributed by atoms with Crippen LogP contribution < -0.4 is 0 Å². The molecule has 0 atom stereocenters. The Kier molecular flexibility index (Phi) is 2.47. The second kappa shape index (κ2) is 3.09. The molecule has 0 saturated heterocycles. The normalized spacial score (nSPS) is 12.1. The van der Waals surface area contributed by atoms with Gasteiger partial charge in [-0.05, 0) is 6.42 Å². The smallest absolute Gasteiger partial charge is 0.0852 e. The van der Waals surface area contributed by atoms with Gasteiger partial charge in [-0.2, -0.15) is 5.10 Å². The highest BCUT2D eigenvalue weighted by Gasteiger charge is 2.21. The average Bonchev–Trinajstić information content (AvgIpc) is 2.29. The lowest BCUT2D eigenvalue weighted by molar-refractivity contribution is 0.567. The van der Waals surface area contributed by atoms with Crippen LogP contribution in [0, 0.1) is 0 Å². The largest absolute Gasteiger partial charge is 0.280 e. The number of aromatic nitrogens is 2. The van der Waals surface area contributed by atoms with E-state index in [1.807, 2.05) is 0 Å². The molecule has 3 heteroatoms. The van der Waals surface area contributed by atoms with Gasteiger partial charge in [0, 0.05) is 5.41 Å². The first-order chi connectivity index (χ1) is 5.46. The Morgan fingerprint density at radius 1 is 1.42 bits per heavy atom. The molecule has 2 nitrogen and oxygen atoms in total. The third-order valence-electron chi connectivity index (χ3n) is 1.86. The number of rotatable bonds is 1. The molecule has 1 aromatic rings. The summed E-state index contributed by atoms with van der Waals surface area (Å²) in [5, 5.41) is 7.92. The van der Waals surface area contributed by atoms with Crippen molar-refractivity contribution >= 4 is 11.6 Å². The fraction of sp³-hybridized carbons (Fsp3) is 0.667. The van der Waals surface area contributed by atoms with Crippen LogP contribution in [-0.2, 0) is 11.8 Å². The van der Waals surface area contributed by atoms with Crippen molar-refractivity contribution in [3.05, 3.63) is 16.4 Å². The Labute approximate surface area is 78.3 Å². The summed E-state index contributed by atoms with van der Waals surface area (Å²) in [5.74, 6) is 0. The number of aromatic amines is 1. The summed E-state index contributed by atoms with van der Waals surface area (Å²) < 4.78 is 0. The lowest BCUT2D eigenvalue weighted by Crippen LogP contribution is -2.12. The lowest BCUT2D eigenvalue weighted by Gasteiger charge is -2.16. The third-order valence-corrected chi connectivity index (χ3v) is 2.27. The maximum absolute atomic E-state index is 6.12. The topological polar surface area (TPSA) is 28.7 Å². The van der Waals surface area contributed by atoms with E-state index in [2.05, 4.69) is 37.9 Å². The van der Waals surface area contributed by atoms with Gasteiger partial charge >= 0.3 is 0 Å². The number of hydrogen-bond donors (Lipinski definition) is 1. The predicted octanol–water partition coefficient (Wildman–Crippen LogP) is 2.92. The van der Waals surface area contributed by atoms with Gasteiger partial charge in [0.15, 0.2) is 0 Å². The molecule has 0 aliphatic carbocycles. The van der Waals surface area contributed by atoms with Gasteiger partial charge in [-0.1, -0.05) is 39.3 Å². The zero-order chi connectivity index (χ0) is 9.35. The monoisotopic (exact) mass is 186 g/mol. The van der Waals surface area contributed by atoms with Gasteiger partial charge in [0.1, 0.15) is 0 Å². The second-order valence-corrected chi connectivity index (χ2v) is 4.34. The Balaban J connectivity index is 3.11. The van der Waals surface area contributed by atoms with Crippen LogP contribution in [-0.4, -0.2) is 10.2 Å². The highest BCUT2D eigenvalue weighted by molar-refractivity contribution is 6.32. The average molecular weight is 187 g/mol. The maximum atomic E-state index is 6.12. The molecular weight excluding hydrogens is 172 g/mol. The zero-order valence-corrected chi connectivity index (χ0v) is 8.79. The van der Waals surface area contributed by atoms with E-state index in [0.29, 0.717) is 0 Å². The van der Waals surface area contributed by atoms with Crippen LogP contribution in [0.25, 0.3) is 0 Å². The van der Waals surface area contributed by atoms with Crippen LogP contribution in [0.4, 0.5) is 0 Å². The van der Waals surface area contributed by atoms with E-state index in [0.717, 1.165) is 22.8 Å². The summed E-state index contributed by atoms with van der Waals surface area (Å²) in [5.41, 5.74) is 2.04. The van der Waals surface area contributed by atoms with E-state index in [4.69, 9.17) is 11.6 Å². The van der Waals surface area contributed by atoms with E-state index < -0.39 is 0 Å². The summed E-state index contributed by atoms with van der Waals surface area (Å²) in [4.78, 5) is 0. The zero-order valence-electron chi connectivity index (χ0n) is 8.03. The molecule has 0 spiro atoms. The molecule has 0 aliphatic rings. The van der Waals surface area contributed by atoms with Gasteiger partial charge in [-0.3, -0.25) is 5.10 Å². The van der Waals surface area contributed by atoms with E-state index >= 15 is 0 Å². The first kappa shape index (κ1) is 9.59. The van der Waals surface area contributed by atoms with Crippen molar-refractivity contribution in [3.63, 3.8) is 0 Å². The number of H-pyrrole nitrogens is 1. The SMILES string of the molecule is CCc1n[nH]c(C(C)(C)C)c1Cl. The first-order valence-corrected chi connectivity index (χ1v) is 4.57. The first-order valence-electron chi connectivity index (χ1n) is 4.20. The molecule has 0 amide bonds. The van der Waals surface area contributed by atoms with Crippen LogP contribution in [0.1, 0.15) is 39.1 Å². The van der Waals surface area contributed by atoms with Gasteiger partial charge in [0.2, 0.25) is 0 Å². The van der Waals surface area contributed by atoms with Crippen molar-refractivity contribution in [1.29, 1.82) is 0 Å². The molecule has 12 heavy (non-hydrogen) atoms. The Morgan fingerprint density at radius 2 is 2.00 bits per heavy atom. The van der Waals surface area contributed by atoms with Crippen LogP contribution in [0.15, 0.2) is 0 Å². The molecule has 0 fully saturated rings. The number of halogens is 1. The van der Waals surface area contributed by atoms with Crippen LogP contribution in [0.2, 0.25) is 5.02 Å². The third kappa shape index (κ3) is 1.63. The molecule has 68 valence electrons. The number of nitrogens with one attached hydrogen (secondary N) is 1.